The first-order chi connectivity index (χ1) is 21.3. The predicted octanol–water partition coefficient (Wildman–Crippen LogP) is 8.05. The van der Waals surface area contributed by atoms with Crippen molar-refractivity contribution in [2.75, 3.05) is 17.2 Å². The Kier molecular flexibility index (Phi) is 12.0. The van der Waals surface area contributed by atoms with E-state index in [1.807, 2.05) is 37.3 Å². The molecule has 9 heteroatoms. The highest BCUT2D eigenvalue weighted by Gasteiger charge is 2.18. The lowest BCUT2D eigenvalue weighted by molar-refractivity contribution is -0.115. The molecule has 3 amide bonds. The molecule has 226 valence electrons. The molecule has 0 heterocycles. The number of halogens is 1. The minimum atomic E-state index is -0.524. The Morgan fingerprint density at radius 2 is 1.59 bits per heavy atom. The summed E-state index contributed by atoms with van der Waals surface area (Å²) >= 11 is 7.69. The van der Waals surface area contributed by atoms with Gasteiger partial charge in [-0.05, 0) is 85.6 Å². The van der Waals surface area contributed by atoms with Crippen molar-refractivity contribution >= 4 is 58.5 Å². The zero-order chi connectivity index (χ0) is 31.3. The Balaban J connectivity index is 1.42. The van der Waals surface area contributed by atoms with Crippen molar-refractivity contribution in [3.05, 3.63) is 125 Å². The summed E-state index contributed by atoms with van der Waals surface area (Å²) in [5.74, 6) is -0.342. The van der Waals surface area contributed by atoms with Gasteiger partial charge in [0, 0.05) is 26.9 Å². The highest BCUT2D eigenvalue weighted by molar-refractivity contribution is 8.00. The van der Waals surface area contributed by atoms with E-state index in [2.05, 4.69) is 22.9 Å². The molecule has 0 saturated heterocycles. The van der Waals surface area contributed by atoms with Gasteiger partial charge >= 0.3 is 0 Å². The van der Waals surface area contributed by atoms with E-state index in [1.54, 1.807) is 72.8 Å². The molecule has 0 radical (unpaired) electrons. The van der Waals surface area contributed by atoms with E-state index in [-0.39, 0.29) is 11.6 Å². The van der Waals surface area contributed by atoms with Gasteiger partial charge < -0.3 is 20.7 Å². The molecule has 0 aliphatic rings. The third-order valence-electron chi connectivity index (χ3n) is 6.40. The topological polar surface area (TPSA) is 96.5 Å². The standard InChI is InChI=1S/C35H34ClN3O4S/c1-3-4-21-43-29-19-17-27(18-20-29)37-33(40)24(2)44-30-15-10-14-28(23-30)38-35(42)32(22-26-13-8-9-16-31(26)36)39-34(41)25-11-6-5-7-12-25/h5-20,22-24H,3-4,21H2,1-2H3,(H,37,40)(H,38,42)(H,39,41)/b32-22+. The SMILES string of the molecule is CCCCOc1ccc(NC(=O)C(C)Sc2cccc(NC(=O)/C(=C\c3ccccc3Cl)NC(=O)c3ccccc3)c2)cc1. The number of ether oxygens (including phenoxy) is 1. The van der Waals surface area contributed by atoms with Crippen LogP contribution in [0.2, 0.25) is 5.02 Å². The average Bonchev–Trinajstić information content (AvgIpc) is 3.03. The summed E-state index contributed by atoms with van der Waals surface area (Å²) < 4.78 is 5.68. The van der Waals surface area contributed by atoms with Gasteiger partial charge in [0.25, 0.3) is 11.8 Å². The van der Waals surface area contributed by atoms with Crippen LogP contribution in [0.5, 0.6) is 5.75 Å². The van der Waals surface area contributed by atoms with Crippen molar-refractivity contribution < 1.29 is 19.1 Å². The Morgan fingerprint density at radius 3 is 2.32 bits per heavy atom. The molecule has 0 spiro atoms. The predicted molar refractivity (Wildman–Crippen MR) is 179 cm³/mol. The summed E-state index contributed by atoms with van der Waals surface area (Å²) in [5.41, 5.74) is 2.20. The molecule has 4 aromatic rings. The maximum atomic E-state index is 13.4. The van der Waals surface area contributed by atoms with Crippen LogP contribution >= 0.6 is 23.4 Å². The van der Waals surface area contributed by atoms with E-state index < -0.39 is 17.1 Å². The number of benzene rings is 4. The van der Waals surface area contributed by atoms with Gasteiger partial charge in [0.05, 0.1) is 11.9 Å². The molecule has 4 rings (SSSR count). The third kappa shape index (κ3) is 9.76. The minimum absolute atomic E-state index is 0.0273. The van der Waals surface area contributed by atoms with Gasteiger partial charge in [0.1, 0.15) is 11.4 Å². The van der Waals surface area contributed by atoms with E-state index in [4.69, 9.17) is 16.3 Å². The molecule has 0 aromatic heterocycles. The van der Waals surface area contributed by atoms with Gasteiger partial charge in [-0.3, -0.25) is 14.4 Å². The second kappa shape index (κ2) is 16.4. The molecule has 4 aromatic carbocycles. The van der Waals surface area contributed by atoms with Crippen LogP contribution in [0, 0.1) is 0 Å². The fourth-order valence-electron chi connectivity index (χ4n) is 4.01. The average molecular weight is 628 g/mol. The Hall–Kier alpha value is -4.53. The number of anilines is 2. The fourth-order valence-corrected chi connectivity index (χ4v) is 5.12. The quantitative estimate of drug-likeness (QED) is 0.0792. The van der Waals surface area contributed by atoms with Crippen LogP contribution in [0.4, 0.5) is 11.4 Å². The van der Waals surface area contributed by atoms with Crippen LogP contribution in [0.15, 0.2) is 114 Å². The number of amides is 3. The lowest BCUT2D eigenvalue weighted by Gasteiger charge is -2.14. The number of hydrogen-bond acceptors (Lipinski definition) is 5. The van der Waals surface area contributed by atoms with E-state index in [1.165, 1.54) is 17.8 Å². The Labute approximate surface area is 267 Å². The first kappa shape index (κ1) is 32.4. The molecule has 3 N–H and O–H groups in total. The van der Waals surface area contributed by atoms with Crippen LogP contribution in [-0.4, -0.2) is 29.6 Å². The molecule has 0 bridgehead atoms. The van der Waals surface area contributed by atoms with E-state index in [9.17, 15) is 14.4 Å². The zero-order valence-electron chi connectivity index (χ0n) is 24.5. The number of rotatable bonds is 13. The maximum absolute atomic E-state index is 13.4. The largest absolute Gasteiger partial charge is 0.494 e. The molecule has 0 saturated carbocycles. The smallest absolute Gasteiger partial charge is 0.272 e. The van der Waals surface area contributed by atoms with Crippen molar-refractivity contribution in [3.63, 3.8) is 0 Å². The van der Waals surface area contributed by atoms with Crippen LogP contribution in [0.25, 0.3) is 6.08 Å². The molecule has 0 fully saturated rings. The Bertz CT molecular complexity index is 1610. The normalized spacial score (nSPS) is 11.8. The van der Waals surface area contributed by atoms with Crippen LogP contribution in [0.3, 0.4) is 0 Å². The van der Waals surface area contributed by atoms with E-state index in [0.29, 0.717) is 34.1 Å². The summed E-state index contributed by atoms with van der Waals surface area (Å²) in [6.45, 7) is 4.59. The van der Waals surface area contributed by atoms with Crippen LogP contribution < -0.4 is 20.7 Å². The molecular formula is C35H34ClN3O4S. The number of carbonyl (C=O) groups excluding carboxylic acids is 3. The van der Waals surface area contributed by atoms with Crippen molar-refractivity contribution in [1.29, 1.82) is 0 Å². The van der Waals surface area contributed by atoms with Gasteiger partial charge in [-0.25, -0.2) is 0 Å². The van der Waals surface area contributed by atoms with E-state index >= 15 is 0 Å². The first-order valence-corrected chi connectivity index (χ1v) is 15.5. The van der Waals surface area contributed by atoms with Crippen molar-refractivity contribution in [2.45, 2.75) is 36.8 Å². The number of nitrogens with one attached hydrogen (secondary N) is 3. The summed E-state index contributed by atoms with van der Waals surface area (Å²) in [6.07, 6.45) is 3.59. The summed E-state index contributed by atoms with van der Waals surface area (Å²) in [4.78, 5) is 40.0. The zero-order valence-corrected chi connectivity index (χ0v) is 26.1. The summed E-state index contributed by atoms with van der Waals surface area (Å²) in [6, 6.07) is 30.2. The molecule has 0 aliphatic carbocycles. The van der Waals surface area contributed by atoms with Crippen LogP contribution in [0.1, 0.15) is 42.6 Å². The molecule has 44 heavy (non-hydrogen) atoms. The first-order valence-electron chi connectivity index (χ1n) is 14.3. The highest BCUT2D eigenvalue weighted by Crippen LogP contribution is 2.27. The molecular weight excluding hydrogens is 594 g/mol. The monoisotopic (exact) mass is 627 g/mol. The van der Waals surface area contributed by atoms with Gasteiger partial charge in [0.2, 0.25) is 5.91 Å². The van der Waals surface area contributed by atoms with E-state index in [0.717, 1.165) is 23.5 Å². The highest BCUT2D eigenvalue weighted by atomic mass is 35.5. The van der Waals surface area contributed by atoms with Gasteiger partial charge in [-0.15, -0.1) is 11.8 Å². The van der Waals surface area contributed by atoms with Gasteiger partial charge in [-0.1, -0.05) is 67.4 Å². The fraction of sp³-hybridized carbons (Fsp3) is 0.171. The number of carbonyl (C=O) groups is 3. The van der Waals surface area contributed by atoms with Crippen LogP contribution in [-0.2, 0) is 9.59 Å². The lowest BCUT2D eigenvalue weighted by atomic mass is 10.1. The third-order valence-corrected chi connectivity index (χ3v) is 7.83. The Morgan fingerprint density at radius 1 is 0.864 bits per heavy atom. The second-order valence-electron chi connectivity index (χ2n) is 9.86. The number of unbranched alkanes of at least 4 members (excludes halogenated alkanes) is 1. The number of hydrogen-bond donors (Lipinski definition) is 3. The van der Waals surface area contributed by atoms with Crippen molar-refractivity contribution in [1.82, 2.24) is 5.32 Å². The second-order valence-corrected chi connectivity index (χ2v) is 11.7. The molecule has 1 atom stereocenters. The summed E-state index contributed by atoms with van der Waals surface area (Å²) in [7, 11) is 0. The number of thioether (sulfide) groups is 1. The molecule has 0 aliphatic heterocycles. The van der Waals surface area contributed by atoms with Crippen molar-refractivity contribution in [3.8, 4) is 5.75 Å². The maximum Gasteiger partial charge on any atom is 0.272 e. The van der Waals surface area contributed by atoms with Gasteiger partial charge in [0.15, 0.2) is 0 Å². The molecule has 1 unspecified atom stereocenters. The molecule has 7 nitrogen and oxygen atoms in total. The minimum Gasteiger partial charge on any atom is -0.494 e. The lowest BCUT2D eigenvalue weighted by Crippen LogP contribution is -2.30. The van der Waals surface area contributed by atoms with Gasteiger partial charge in [-0.2, -0.15) is 0 Å². The summed E-state index contributed by atoms with van der Waals surface area (Å²) in [5, 5.41) is 8.53. The van der Waals surface area contributed by atoms with Crippen molar-refractivity contribution in [2.24, 2.45) is 0 Å².